The monoisotopic (exact) mass is 357 g/mol. The van der Waals surface area contributed by atoms with E-state index in [-0.39, 0.29) is 11.4 Å². The normalized spacial score (nSPS) is 30.9. The molecule has 2 heterocycles. The van der Waals surface area contributed by atoms with Gasteiger partial charge in [-0.3, -0.25) is 9.20 Å². The maximum atomic E-state index is 13.3. The molecule has 4 bridgehead atoms. The lowest BCUT2D eigenvalue weighted by Crippen LogP contribution is -2.49. The zero-order valence-corrected chi connectivity index (χ0v) is 15.3. The van der Waals surface area contributed by atoms with Crippen LogP contribution in [-0.2, 0) is 0 Å². The summed E-state index contributed by atoms with van der Waals surface area (Å²) in [4.78, 5) is 18.1. The fourth-order valence-corrected chi connectivity index (χ4v) is 6.28. The average molecular weight is 357 g/mol. The van der Waals surface area contributed by atoms with E-state index in [0.717, 1.165) is 41.6 Å². The van der Waals surface area contributed by atoms with Crippen molar-refractivity contribution in [2.75, 3.05) is 0 Å². The standard InChI is InChI=1S/C23H23N3O/c27-22(25-23-13-15-10-16(14-23)12-18(23)11-15)20-19-8-4-5-9-26(19)21(24-20)17-6-2-1-3-7-17/h1-9,15-16,18H,10-14H2,(H,25,27). The summed E-state index contributed by atoms with van der Waals surface area (Å²) in [7, 11) is 0. The summed E-state index contributed by atoms with van der Waals surface area (Å²) < 4.78 is 2.03. The number of hydrogen-bond donors (Lipinski definition) is 1. The SMILES string of the molecule is O=C(NC12CC3CC(CC1C3)C2)c1nc(-c2ccccc2)n2ccccc12. The molecule has 27 heavy (non-hydrogen) atoms. The van der Waals surface area contributed by atoms with E-state index in [1.165, 1.54) is 19.3 Å². The zero-order chi connectivity index (χ0) is 18.0. The van der Waals surface area contributed by atoms with Gasteiger partial charge in [0.1, 0.15) is 5.82 Å². The van der Waals surface area contributed by atoms with Gasteiger partial charge >= 0.3 is 0 Å². The molecular formula is C23H23N3O. The number of carbonyl (C=O) groups is 1. The van der Waals surface area contributed by atoms with E-state index in [9.17, 15) is 4.79 Å². The van der Waals surface area contributed by atoms with Gasteiger partial charge in [0.25, 0.3) is 5.91 Å². The summed E-state index contributed by atoms with van der Waals surface area (Å²) in [6.45, 7) is 0. The van der Waals surface area contributed by atoms with Crippen molar-refractivity contribution in [2.45, 2.75) is 37.6 Å². The highest BCUT2D eigenvalue weighted by Gasteiger charge is 2.58. The maximum absolute atomic E-state index is 13.3. The summed E-state index contributed by atoms with van der Waals surface area (Å²) >= 11 is 0. The van der Waals surface area contributed by atoms with Gasteiger partial charge in [0.05, 0.1) is 5.52 Å². The first-order chi connectivity index (χ1) is 13.2. The summed E-state index contributed by atoms with van der Waals surface area (Å²) in [5.74, 6) is 3.13. The molecule has 1 N–H and O–H groups in total. The lowest BCUT2D eigenvalue weighted by molar-refractivity contribution is 0.0872. The number of nitrogens with one attached hydrogen (secondary N) is 1. The molecule has 4 heteroatoms. The predicted octanol–water partition coefficient (Wildman–Crippen LogP) is 4.31. The number of benzene rings is 1. The lowest BCUT2D eigenvalue weighted by atomic mass is 9.80. The van der Waals surface area contributed by atoms with Gasteiger partial charge in [0, 0.05) is 17.3 Å². The Balaban J connectivity index is 1.40. The van der Waals surface area contributed by atoms with Crippen molar-refractivity contribution >= 4 is 11.4 Å². The lowest BCUT2D eigenvalue weighted by Gasteiger charge is -2.33. The molecule has 4 nitrogen and oxygen atoms in total. The van der Waals surface area contributed by atoms with Gasteiger partial charge in [0.2, 0.25) is 0 Å². The third kappa shape index (κ3) is 2.22. The van der Waals surface area contributed by atoms with E-state index in [2.05, 4.69) is 5.32 Å². The van der Waals surface area contributed by atoms with Crippen LogP contribution in [0.1, 0.15) is 42.6 Å². The molecule has 2 unspecified atom stereocenters. The van der Waals surface area contributed by atoms with Crippen molar-refractivity contribution < 1.29 is 4.79 Å². The predicted molar refractivity (Wildman–Crippen MR) is 104 cm³/mol. The van der Waals surface area contributed by atoms with Crippen LogP contribution >= 0.6 is 0 Å². The van der Waals surface area contributed by atoms with Gasteiger partial charge in [-0.15, -0.1) is 0 Å². The summed E-state index contributed by atoms with van der Waals surface area (Å²) in [6.07, 6.45) is 8.29. The molecule has 4 aliphatic carbocycles. The Morgan fingerprint density at radius 3 is 2.52 bits per heavy atom. The van der Waals surface area contributed by atoms with Crippen LogP contribution in [0.25, 0.3) is 16.9 Å². The van der Waals surface area contributed by atoms with Crippen LogP contribution in [0.2, 0.25) is 0 Å². The molecule has 1 amide bonds. The molecule has 0 spiro atoms. The van der Waals surface area contributed by atoms with Gasteiger partial charge in [-0.05, 0) is 62.0 Å². The Labute approximate surface area is 158 Å². The number of nitrogens with zero attached hydrogens (tertiary/aromatic N) is 2. The first kappa shape index (κ1) is 15.4. The average Bonchev–Trinajstić information content (AvgIpc) is 3.26. The minimum absolute atomic E-state index is 0.00548. The molecule has 4 saturated carbocycles. The molecule has 0 aliphatic heterocycles. The van der Waals surface area contributed by atoms with Crippen LogP contribution in [0.5, 0.6) is 0 Å². The van der Waals surface area contributed by atoms with Crippen molar-refractivity contribution in [3.8, 4) is 11.4 Å². The Morgan fingerprint density at radius 2 is 1.74 bits per heavy atom. The Bertz CT molecular complexity index is 1020. The fourth-order valence-electron chi connectivity index (χ4n) is 6.28. The number of rotatable bonds is 3. The summed E-state index contributed by atoms with van der Waals surface area (Å²) in [5.41, 5.74) is 2.48. The van der Waals surface area contributed by atoms with Crippen molar-refractivity contribution in [3.63, 3.8) is 0 Å². The zero-order valence-electron chi connectivity index (χ0n) is 15.3. The third-order valence-corrected chi connectivity index (χ3v) is 7.15. The largest absolute Gasteiger partial charge is 0.345 e. The highest BCUT2D eigenvalue weighted by molar-refractivity contribution is 6.00. The van der Waals surface area contributed by atoms with Gasteiger partial charge < -0.3 is 5.32 Å². The molecule has 136 valence electrons. The van der Waals surface area contributed by atoms with Gasteiger partial charge in [-0.2, -0.15) is 0 Å². The number of hydrogen-bond acceptors (Lipinski definition) is 2. The van der Waals surface area contributed by atoms with Crippen molar-refractivity contribution in [1.82, 2.24) is 14.7 Å². The number of carbonyl (C=O) groups excluding carboxylic acids is 1. The molecule has 4 fully saturated rings. The van der Waals surface area contributed by atoms with Gasteiger partial charge in [-0.1, -0.05) is 36.4 Å². The molecule has 2 aromatic heterocycles. The minimum atomic E-state index is -0.00548. The molecule has 2 atom stereocenters. The van der Waals surface area contributed by atoms with E-state index in [4.69, 9.17) is 4.98 Å². The highest BCUT2D eigenvalue weighted by Crippen LogP contribution is 2.60. The van der Waals surface area contributed by atoms with Gasteiger partial charge in [-0.25, -0.2) is 4.98 Å². The Morgan fingerprint density at radius 1 is 1.00 bits per heavy atom. The number of pyridine rings is 1. The smallest absolute Gasteiger partial charge is 0.272 e. The molecule has 1 aromatic carbocycles. The topological polar surface area (TPSA) is 46.4 Å². The van der Waals surface area contributed by atoms with Crippen LogP contribution in [0, 0.1) is 17.8 Å². The van der Waals surface area contributed by atoms with E-state index >= 15 is 0 Å². The second kappa shape index (κ2) is 5.44. The van der Waals surface area contributed by atoms with Crippen molar-refractivity contribution in [3.05, 3.63) is 60.4 Å². The molecule has 0 radical (unpaired) electrons. The molecule has 0 saturated heterocycles. The van der Waals surface area contributed by atoms with E-state index in [1.807, 2.05) is 59.1 Å². The number of amides is 1. The second-order valence-corrected chi connectivity index (χ2v) is 8.76. The summed E-state index contributed by atoms with van der Waals surface area (Å²) in [6, 6.07) is 16.0. The first-order valence-corrected chi connectivity index (χ1v) is 10.1. The van der Waals surface area contributed by atoms with Crippen LogP contribution in [0.15, 0.2) is 54.7 Å². The van der Waals surface area contributed by atoms with Gasteiger partial charge in [0.15, 0.2) is 5.69 Å². The van der Waals surface area contributed by atoms with Crippen molar-refractivity contribution in [2.24, 2.45) is 17.8 Å². The number of aromatic nitrogens is 2. The Hall–Kier alpha value is -2.62. The van der Waals surface area contributed by atoms with Crippen LogP contribution in [-0.4, -0.2) is 20.8 Å². The first-order valence-electron chi connectivity index (χ1n) is 10.1. The molecular weight excluding hydrogens is 334 g/mol. The van der Waals surface area contributed by atoms with Crippen molar-refractivity contribution in [1.29, 1.82) is 0 Å². The summed E-state index contributed by atoms with van der Waals surface area (Å²) in [5, 5.41) is 3.47. The van der Waals surface area contributed by atoms with Crippen LogP contribution in [0.3, 0.4) is 0 Å². The molecule has 3 aromatic rings. The second-order valence-electron chi connectivity index (χ2n) is 8.76. The molecule has 4 aliphatic rings. The van der Waals surface area contributed by atoms with E-state index in [0.29, 0.717) is 11.6 Å². The quantitative estimate of drug-likeness (QED) is 0.759. The number of fused-ring (bicyclic) bond motifs is 1. The van der Waals surface area contributed by atoms with E-state index < -0.39 is 0 Å². The third-order valence-electron chi connectivity index (χ3n) is 7.15. The maximum Gasteiger partial charge on any atom is 0.272 e. The van der Waals surface area contributed by atoms with Crippen LogP contribution < -0.4 is 5.32 Å². The fraction of sp³-hybridized carbons (Fsp3) is 0.391. The highest BCUT2D eigenvalue weighted by atomic mass is 16.2. The molecule has 7 rings (SSSR count). The minimum Gasteiger partial charge on any atom is -0.345 e. The Kier molecular flexibility index (Phi) is 3.11. The van der Waals surface area contributed by atoms with E-state index in [1.54, 1.807) is 0 Å². The van der Waals surface area contributed by atoms with Crippen LogP contribution in [0.4, 0.5) is 0 Å². The number of imidazole rings is 1.